The summed E-state index contributed by atoms with van der Waals surface area (Å²) in [6, 6.07) is 3.97. The van der Waals surface area contributed by atoms with E-state index in [0.29, 0.717) is 24.0 Å². The molecular weight excluding hydrogens is 278 g/mol. The predicted molar refractivity (Wildman–Crippen MR) is 81.4 cm³/mol. The van der Waals surface area contributed by atoms with Crippen LogP contribution < -0.4 is 11.1 Å². The van der Waals surface area contributed by atoms with E-state index in [-0.39, 0.29) is 5.91 Å². The van der Waals surface area contributed by atoms with E-state index >= 15 is 0 Å². The van der Waals surface area contributed by atoms with Crippen LogP contribution in [0.1, 0.15) is 18.7 Å². The third-order valence-electron chi connectivity index (χ3n) is 2.50. The normalized spacial score (nSPS) is 10.9. The second-order valence-corrected chi connectivity index (χ2v) is 6.74. The lowest BCUT2D eigenvalue weighted by molar-refractivity contribution is -0.120. The molecular formula is C13H17N3OS2. The molecule has 6 heteroatoms. The van der Waals surface area contributed by atoms with Crippen molar-refractivity contribution >= 4 is 33.7 Å². The molecule has 0 fully saturated rings. The summed E-state index contributed by atoms with van der Waals surface area (Å²) in [6.45, 7) is 4.84. The molecule has 0 spiro atoms. The van der Waals surface area contributed by atoms with Crippen molar-refractivity contribution in [3.05, 3.63) is 22.4 Å². The van der Waals surface area contributed by atoms with E-state index in [1.807, 2.05) is 17.5 Å². The lowest BCUT2D eigenvalue weighted by Gasteiger charge is -2.07. The minimum absolute atomic E-state index is 0.0233. The number of amides is 1. The maximum atomic E-state index is 11.9. The third kappa shape index (κ3) is 3.78. The van der Waals surface area contributed by atoms with Crippen molar-refractivity contribution in [1.29, 1.82) is 0 Å². The molecule has 0 atom stereocenters. The Hall–Kier alpha value is -1.40. The number of carbonyl (C=O) groups excluding carboxylic acids is 1. The molecule has 2 rings (SSSR count). The summed E-state index contributed by atoms with van der Waals surface area (Å²) in [5.41, 5.74) is 6.61. The Morgan fingerprint density at radius 2 is 2.32 bits per heavy atom. The van der Waals surface area contributed by atoms with Crippen molar-refractivity contribution < 1.29 is 4.79 Å². The first kappa shape index (κ1) is 14.0. The fourth-order valence-corrected chi connectivity index (χ4v) is 3.27. The highest BCUT2D eigenvalue weighted by atomic mass is 32.1. The van der Waals surface area contributed by atoms with Gasteiger partial charge >= 0.3 is 0 Å². The number of nitrogens with one attached hydrogen (secondary N) is 1. The lowest BCUT2D eigenvalue weighted by atomic mass is 10.2. The second kappa shape index (κ2) is 6.16. The fraction of sp³-hybridized carbons (Fsp3) is 0.385. The molecule has 0 radical (unpaired) electrons. The van der Waals surface area contributed by atoms with Gasteiger partial charge in [-0.2, -0.15) is 0 Å². The van der Waals surface area contributed by atoms with Crippen molar-refractivity contribution in [2.75, 3.05) is 12.3 Å². The molecule has 2 aromatic rings. The molecule has 0 aromatic carbocycles. The smallest absolute Gasteiger partial charge is 0.225 e. The van der Waals surface area contributed by atoms with Gasteiger partial charge in [-0.3, -0.25) is 4.79 Å². The molecule has 4 nitrogen and oxygen atoms in total. The van der Waals surface area contributed by atoms with Crippen LogP contribution in [0.25, 0.3) is 10.6 Å². The number of nitrogens with zero attached hydrogens (tertiary/aromatic N) is 1. The van der Waals surface area contributed by atoms with Crippen LogP contribution in [0.2, 0.25) is 0 Å². The Kier molecular flexibility index (Phi) is 4.55. The molecule has 1 amide bonds. The first-order valence-corrected chi connectivity index (χ1v) is 7.81. The van der Waals surface area contributed by atoms with Crippen molar-refractivity contribution in [3.63, 3.8) is 0 Å². The zero-order valence-corrected chi connectivity index (χ0v) is 12.6. The predicted octanol–water partition coefficient (Wildman–Crippen LogP) is 2.77. The number of carbonyl (C=O) groups is 1. The van der Waals surface area contributed by atoms with Crippen LogP contribution in [0.5, 0.6) is 0 Å². The Bertz CT molecular complexity index is 546. The van der Waals surface area contributed by atoms with Crippen molar-refractivity contribution in [3.8, 4) is 10.6 Å². The summed E-state index contributed by atoms with van der Waals surface area (Å²) < 4.78 is 0. The number of rotatable bonds is 5. The summed E-state index contributed by atoms with van der Waals surface area (Å²) >= 11 is 2.99. The van der Waals surface area contributed by atoms with Gasteiger partial charge in [0.1, 0.15) is 0 Å². The van der Waals surface area contributed by atoms with E-state index in [9.17, 15) is 4.79 Å². The van der Waals surface area contributed by atoms with Gasteiger partial charge in [0.25, 0.3) is 0 Å². The minimum Gasteiger partial charge on any atom is -0.375 e. The second-order valence-electron chi connectivity index (χ2n) is 4.68. The van der Waals surface area contributed by atoms with E-state index in [0.717, 1.165) is 15.4 Å². The molecule has 0 aliphatic rings. The maximum Gasteiger partial charge on any atom is 0.225 e. The van der Waals surface area contributed by atoms with Crippen molar-refractivity contribution in [1.82, 2.24) is 10.3 Å². The summed E-state index contributed by atoms with van der Waals surface area (Å²) in [6.07, 6.45) is 0.342. The van der Waals surface area contributed by atoms with Crippen LogP contribution in [0.4, 0.5) is 5.13 Å². The molecule has 0 aliphatic carbocycles. The van der Waals surface area contributed by atoms with E-state index in [2.05, 4.69) is 24.1 Å². The molecule has 0 bridgehead atoms. The Morgan fingerprint density at radius 1 is 1.53 bits per heavy atom. The molecule has 19 heavy (non-hydrogen) atoms. The minimum atomic E-state index is 0.0233. The van der Waals surface area contributed by atoms with Crippen LogP contribution in [-0.4, -0.2) is 17.4 Å². The number of hydrogen-bond donors (Lipinski definition) is 2. The van der Waals surface area contributed by atoms with Gasteiger partial charge in [0.05, 0.1) is 17.0 Å². The molecule has 0 saturated carbocycles. The van der Waals surface area contributed by atoms with E-state index < -0.39 is 0 Å². The largest absolute Gasteiger partial charge is 0.375 e. The van der Waals surface area contributed by atoms with Gasteiger partial charge in [-0.05, 0) is 17.4 Å². The Labute approximate surface area is 120 Å². The number of thiazole rings is 1. The van der Waals surface area contributed by atoms with Crippen LogP contribution >= 0.6 is 22.7 Å². The molecule has 0 aliphatic heterocycles. The van der Waals surface area contributed by atoms with Gasteiger partial charge in [-0.1, -0.05) is 19.9 Å². The average Bonchev–Trinajstić information content (AvgIpc) is 2.95. The van der Waals surface area contributed by atoms with Crippen LogP contribution in [0, 0.1) is 5.92 Å². The quantitative estimate of drug-likeness (QED) is 0.891. The summed E-state index contributed by atoms with van der Waals surface area (Å²) in [5.74, 6) is 0.474. The number of hydrogen-bond acceptors (Lipinski definition) is 5. The van der Waals surface area contributed by atoms with Crippen LogP contribution in [-0.2, 0) is 11.2 Å². The highest BCUT2D eigenvalue weighted by Crippen LogP contribution is 2.32. The monoisotopic (exact) mass is 295 g/mol. The Morgan fingerprint density at radius 3 is 2.95 bits per heavy atom. The van der Waals surface area contributed by atoms with Gasteiger partial charge in [-0.15, -0.1) is 22.7 Å². The highest BCUT2D eigenvalue weighted by molar-refractivity contribution is 7.17. The summed E-state index contributed by atoms with van der Waals surface area (Å²) in [4.78, 5) is 18.2. The Balaban J connectivity index is 2.10. The standard InChI is InChI=1S/C13H17N3OS2/c1-8(2)7-15-11(17)6-10-12(16-13(14)19-10)9-4-3-5-18-9/h3-5,8H,6-7H2,1-2H3,(H2,14,16)(H,15,17). The average molecular weight is 295 g/mol. The first-order chi connectivity index (χ1) is 9.06. The number of thiophene rings is 1. The van der Waals surface area contributed by atoms with Gasteiger partial charge < -0.3 is 11.1 Å². The number of aromatic nitrogens is 1. The van der Waals surface area contributed by atoms with E-state index in [1.54, 1.807) is 11.3 Å². The zero-order chi connectivity index (χ0) is 13.8. The van der Waals surface area contributed by atoms with E-state index in [1.165, 1.54) is 11.3 Å². The first-order valence-electron chi connectivity index (χ1n) is 6.12. The maximum absolute atomic E-state index is 11.9. The topological polar surface area (TPSA) is 68.0 Å². The number of nitrogens with two attached hydrogens (primary N) is 1. The third-order valence-corrected chi connectivity index (χ3v) is 4.26. The van der Waals surface area contributed by atoms with Crippen molar-refractivity contribution in [2.24, 2.45) is 5.92 Å². The lowest BCUT2D eigenvalue weighted by Crippen LogP contribution is -2.28. The summed E-state index contributed by atoms with van der Waals surface area (Å²) in [7, 11) is 0. The zero-order valence-electron chi connectivity index (χ0n) is 11.0. The SMILES string of the molecule is CC(C)CNC(=O)Cc1sc(N)nc1-c1cccs1. The number of nitrogen functional groups attached to an aromatic ring is 1. The van der Waals surface area contributed by atoms with Crippen LogP contribution in [0.3, 0.4) is 0 Å². The van der Waals surface area contributed by atoms with Crippen molar-refractivity contribution in [2.45, 2.75) is 20.3 Å². The van der Waals surface area contributed by atoms with Gasteiger partial charge in [-0.25, -0.2) is 4.98 Å². The fourth-order valence-electron chi connectivity index (χ4n) is 1.62. The van der Waals surface area contributed by atoms with Crippen LogP contribution in [0.15, 0.2) is 17.5 Å². The molecule has 0 unspecified atom stereocenters. The molecule has 2 heterocycles. The summed E-state index contributed by atoms with van der Waals surface area (Å²) in [5, 5.41) is 5.42. The van der Waals surface area contributed by atoms with Gasteiger partial charge in [0, 0.05) is 11.4 Å². The van der Waals surface area contributed by atoms with Gasteiger partial charge in [0.15, 0.2) is 5.13 Å². The molecule has 0 saturated heterocycles. The molecule has 102 valence electrons. The molecule has 2 aromatic heterocycles. The van der Waals surface area contributed by atoms with Gasteiger partial charge in [0.2, 0.25) is 5.91 Å². The molecule has 3 N–H and O–H groups in total. The van der Waals surface area contributed by atoms with E-state index in [4.69, 9.17) is 5.73 Å². The highest BCUT2D eigenvalue weighted by Gasteiger charge is 2.15. The number of anilines is 1.